The molecule has 0 aliphatic rings. The summed E-state index contributed by atoms with van der Waals surface area (Å²) in [5.74, 6) is -1.52. The molecule has 0 aromatic carbocycles. The number of hydrogen-bond donors (Lipinski definition) is 3. The summed E-state index contributed by atoms with van der Waals surface area (Å²) in [5, 5.41) is 0. The molecule has 13 heavy (non-hydrogen) atoms. The van der Waals surface area contributed by atoms with Crippen molar-refractivity contribution in [3.8, 4) is 0 Å². The van der Waals surface area contributed by atoms with E-state index in [1.54, 1.807) is 0 Å². The molecule has 0 aromatic rings. The Morgan fingerprint density at radius 3 is 2.38 bits per heavy atom. The second-order valence-corrected chi connectivity index (χ2v) is 2.53. The monoisotopic (exact) mass is 189 g/mol. The van der Waals surface area contributed by atoms with Crippen LogP contribution < -0.4 is 17.2 Å². The summed E-state index contributed by atoms with van der Waals surface area (Å²) in [4.78, 5) is 21.5. The van der Waals surface area contributed by atoms with Crippen LogP contribution in [-0.4, -0.2) is 31.1 Å². The third kappa shape index (κ3) is 5.29. The Kier molecular flexibility index (Phi) is 6.03. The molecule has 0 saturated carbocycles. The first-order chi connectivity index (χ1) is 6.11. The number of carbonyl (C=O) groups excluding carboxylic acids is 2. The standard InChI is InChI=1S/C7H15N3O3/c8-3-1-2-5(10)7(12)13-6(11)4-9/h5H,1-4,8-10H2/t5-/m0/s1. The van der Waals surface area contributed by atoms with Crippen molar-refractivity contribution in [2.45, 2.75) is 18.9 Å². The number of esters is 2. The molecule has 1 atom stereocenters. The molecule has 0 amide bonds. The molecular weight excluding hydrogens is 174 g/mol. The molecule has 0 aliphatic carbocycles. The van der Waals surface area contributed by atoms with Gasteiger partial charge in [0.05, 0.1) is 6.54 Å². The molecule has 0 radical (unpaired) electrons. The molecule has 6 heteroatoms. The quantitative estimate of drug-likeness (QED) is 0.342. The fourth-order valence-corrected chi connectivity index (χ4v) is 0.685. The largest absolute Gasteiger partial charge is 0.391 e. The van der Waals surface area contributed by atoms with E-state index in [1.165, 1.54) is 0 Å². The van der Waals surface area contributed by atoms with Gasteiger partial charge in [0.1, 0.15) is 6.04 Å². The Labute approximate surface area is 76.4 Å². The normalized spacial score (nSPS) is 12.2. The first kappa shape index (κ1) is 12.0. The second-order valence-electron chi connectivity index (χ2n) is 2.53. The van der Waals surface area contributed by atoms with Gasteiger partial charge >= 0.3 is 11.9 Å². The van der Waals surface area contributed by atoms with E-state index in [2.05, 4.69) is 4.74 Å². The van der Waals surface area contributed by atoms with Crippen molar-refractivity contribution in [3.63, 3.8) is 0 Å². The van der Waals surface area contributed by atoms with Gasteiger partial charge in [0, 0.05) is 0 Å². The van der Waals surface area contributed by atoms with Gasteiger partial charge in [-0.05, 0) is 19.4 Å². The maximum absolute atomic E-state index is 11.0. The Morgan fingerprint density at radius 2 is 1.92 bits per heavy atom. The lowest BCUT2D eigenvalue weighted by Gasteiger charge is -2.08. The van der Waals surface area contributed by atoms with E-state index < -0.39 is 18.0 Å². The molecule has 0 aliphatic heterocycles. The fourth-order valence-electron chi connectivity index (χ4n) is 0.685. The maximum atomic E-state index is 11.0. The molecule has 6 nitrogen and oxygen atoms in total. The Hall–Kier alpha value is -0.980. The van der Waals surface area contributed by atoms with E-state index in [9.17, 15) is 9.59 Å². The Morgan fingerprint density at radius 1 is 1.31 bits per heavy atom. The molecule has 0 heterocycles. The van der Waals surface area contributed by atoms with Crippen LogP contribution in [0.25, 0.3) is 0 Å². The van der Waals surface area contributed by atoms with Crippen molar-refractivity contribution >= 4 is 11.9 Å². The van der Waals surface area contributed by atoms with Crippen LogP contribution in [0.5, 0.6) is 0 Å². The van der Waals surface area contributed by atoms with Crippen LogP contribution in [0.3, 0.4) is 0 Å². The van der Waals surface area contributed by atoms with Crippen LogP contribution in [0, 0.1) is 0 Å². The highest BCUT2D eigenvalue weighted by molar-refractivity contribution is 5.88. The summed E-state index contributed by atoms with van der Waals surface area (Å²) in [7, 11) is 0. The van der Waals surface area contributed by atoms with E-state index in [0.717, 1.165) is 0 Å². The van der Waals surface area contributed by atoms with Gasteiger partial charge < -0.3 is 21.9 Å². The second kappa shape index (κ2) is 6.53. The predicted octanol–water partition coefficient (Wildman–Crippen LogP) is -1.92. The van der Waals surface area contributed by atoms with Crippen LogP contribution in [0.4, 0.5) is 0 Å². The number of carbonyl (C=O) groups is 2. The van der Waals surface area contributed by atoms with E-state index in [-0.39, 0.29) is 6.54 Å². The van der Waals surface area contributed by atoms with Crippen molar-refractivity contribution in [2.75, 3.05) is 13.1 Å². The molecule has 0 fully saturated rings. The van der Waals surface area contributed by atoms with Crippen LogP contribution >= 0.6 is 0 Å². The third-order valence-electron chi connectivity index (χ3n) is 1.40. The zero-order chi connectivity index (χ0) is 10.3. The molecule has 0 unspecified atom stereocenters. The van der Waals surface area contributed by atoms with Crippen LogP contribution in [0.1, 0.15) is 12.8 Å². The van der Waals surface area contributed by atoms with Gasteiger partial charge in [-0.1, -0.05) is 0 Å². The van der Waals surface area contributed by atoms with Crippen LogP contribution in [-0.2, 0) is 14.3 Å². The molecular formula is C7H15N3O3. The van der Waals surface area contributed by atoms with E-state index >= 15 is 0 Å². The first-order valence-corrected chi connectivity index (χ1v) is 4.02. The average molecular weight is 189 g/mol. The number of nitrogens with two attached hydrogens (primary N) is 3. The van der Waals surface area contributed by atoms with Gasteiger partial charge in [-0.15, -0.1) is 0 Å². The average Bonchev–Trinajstić information content (AvgIpc) is 2.13. The molecule has 0 saturated heterocycles. The zero-order valence-electron chi connectivity index (χ0n) is 7.36. The molecule has 0 spiro atoms. The highest BCUT2D eigenvalue weighted by Gasteiger charge is 2.17. The third-order valence-corrected chi connectivity index (χ3v) is 1.40. The van der Waals surface area contributed by atoms with Gasteiger partial charge in [-0.25, -0.2) is 4.79 Å². The lowest BCUT2D eigenvalue weighted by molar-refractivity contribution is -0.159. The fraction of sp³-hybridized carbons (Fsp3) is 0.714. The topological polar surface area (TPSA) is 121 Å². The molecule has 0 bridgehead atoms. The lowest BCUT2D eigenvalue weighted by Crippen LogP contribution is -2.35. The number of ether oxygens (including phenoxy) is 1. The molecule has 0 aromatic heterocycles. The molecule has 0 rings (SSSR count). The minimum Gasteiger partial charge on any atom is -0.391 e. The highest BCUT2D eigenvalue weighted by Crippen LogP contribution is 1.95. The van der Waals surface area contributed by atoms with E-state index in [4.69, 9.17) is 17.2 Å². The highest BCUT2D eigenvalue weighted by atomic mass is 16.6. The van der Waals surface area contributed by atoms with E-state index in [0.29, 0.717) is 19.4 Å². The van der Waals surface area contributed by atoms with Gasteiger partial charge in [-0.3, -0.25) is 4.79 Å². The lowest BCUT2D eigenvalue weighted by atomic mass is 10.2. The van der Waals surface area contributed by atoms with Crippen molar-refractivity contribution < 1.29 is 14.3 Å². The van der Waals surface area contributed by atoms with Gasteiger partial charge in [-0.2, -0.15) is 0 Å². The van der Waals surface area contributed by atoms with Gasteiger partial charge in [0.15, 0.2) is 0 Å². The van der Waals surface area contributed by atoms with Crippen LogP contribution in [0.2, 0.25) is 0 Å². The summed E-state index contributed by atoms with van der Waals surface area (Å²) in [6.45, 7) is 0.126. The van der Waals surface area contributed by atoms with Crippen molar-refractivity contribution in [1.82, 2.24) is 0 Å². The summed E-state index contributed by atoms with van der Waals surface area (Å²) in [6, 6.07) is -0.793. The molecule has 6 N–H and O–H groups in total. The smallest absolute Gasteiger partial charge is 0.330 e. The summed E-state index contributed by atoms with van der Waals surface area (Å²) < 4.78 is 4.29. The minimum absolute atomic E-state index is 0.324. The van der Waals surface area contributed by atoms with Crippen molar-refractivity contribution in [1.29, 1.82) is 0 Å². The summed E-state index contributed by atoms with van der Waals surface area (Å²) in [5.41, 5.74) is 15.5. The summed E-state index contributed by atoms with van der Waals surface area (Å²) >= 11 is 0. The first-order valence-electron chi connectivity index (χ1n) is 4.02. The van der Waals surface area contributed by atoms with Crippen LogP contribution in [0.15, 0.2) is 0 Å². The SMILES string of the molecule is NCCC[C@H](N)C(=O)OC(=O)CN. The Bertz CT molecular complexity index is 184. The van der Waals surface area contributed by atoms with E-state index in [1.807, 2.05) is 0 Å². The summed E-state index contributed by atoms with van der Waals surface area (Å²) in [6.07, 6.45) is 1.03. The van der Waals surface area contributed by atoms with Gasteiger partial charge in [0.25, 0.3) is 0 Å². The Balaban J connectivity index is 3.75. The van der Waals surface area contributed by atoms with Crippen molar-refractivity contribution in [3.05, 3.63) is 0 Å². The van der Waals surface area contributed by atoms with Crippen molar-refractivity contribution in [2.24, 2.45) is 17.2 Å². The zero-order valence-corrected chi connectivity index (χ0v) is 7.36. The number of hydrogen-bond acceptors (Lipinski definition) is 6. The number of rotatable bonds is 5. The molecule has 76 valence electrons. The van der Waals surface area contributed by atoms with Gasteiger partial charge in [0.2, 0.25) is 0 Å². The maximum Gasteiger partial charge on any atom is 0.330 e. The minimum atomic E-state index is -0.793. The predicted molar refractivity (Wildman–Crippen MR) is 46.4 cm³/mol.